The lowest BCUT2D eigenvalue weighted by Gasteiger charge is -2.29. The molecule has 2 rings (SSSR count). The van der Waals surface area contributed by atoms with Crippen LogP contribution in [0.4, 0.5) is 26.7 Å². The van der Waals surface area contributed by atoms with Crippen molar-refractivity contribution in [3.05, 3.63) is 45.6 Å². The summed E-state index contributed by atoms with van der Waals surface area (Å²) in [5.74, 6) is -6.59. The van der Waals surface area contributed by atoms with Crippen molar-refractivity contribution in [2.75, 3.05) is 6.61 Å². The predicted molar refractivity (Wildman–Crippen MR) is 83.2 cm³/mol. The van der Waals surface area contributed by atoms with E-state index in [-0.39, 0.29) is 11.3 Å². The molecule has 1 heterocycles. The molecule has 0 saturated heterocycles. The van der Waals surface area contributed by atoms with Gasteiger partial charge in [-0.1, -0.05) is 34.1 Å². The van der Waals surface area contributed by atoms with Crippen LogP contribution in [-0.4, -0.2) is 30.7 Å². The molecular formula is C15H12BrF5N2O3. The Morgan fingerprint density at radius 3 is 2.42 bits per heavy atom. The van der Waals surface area contributed by atoms with Gasteiger partial charge in [-0.2, -0.15) is 22.0 Å². The standard InChI is InChI=1S/C15H12BrF5N2O3/c1-7-10(12(24)26-6-14(17,18)15(19,20)21)11(23-13(25)22-7)8-4-2-3-5-9(8)16/h2-5,11H,6H2,1H3,(H2,22,23,25)/t11-/m0/s1. The van der Waals surface area contributed by atoms with E-state index in [0.29, 0.717) is 10.0 Å². The van der Waals surface area contributed by atoms with Crippen molar-refractivity contribution in [2.45, 2.75) is 25.1 Å². The van der Waals surface area contributed by atoms with E-state index in [1.165, 1.54) is 6.92 Å². The van der Waals surface area contributed by atoms with Crippen molar-refractivity contribution in [1.82, 2.24) is 10.6 Å². The number of urea groups is 1. The topological polar surface area (TPSA) is 67.4 Å². The number of halogens is 6. The second kappa shape index (κ2) is 7.22. The molecule has 142 valence electrons. The molecule has 1 aliphatic rings. The first kappa shape index (κ1) is 20.1. The summed E-state index contributed by atoms with van der Waals surface area (Å²) >= 11 is 3.23. The third-order valence-corrected chi connectivity index (χ3v) is 4.23. The Hall–Kier alpha value is -2.17. The van der Waals surface area contributed by atoms with Gasteiger partial charge in [-0.3, -0.25) is 0 Å². The van der Waals surface area contributed by atoms with Crippen LogP contribution in [0, 0.1) is 0 Å². The highest BCUT2D eigenvalue weighted by atomic mass is 79.9. The molecule has 1 aromatic rings. The monoisotopic (exact) mass is 442 g/mol. The Morgan fingerprint density at radius 2 is 1.85 bits per heavy atom. The van der Waals surface area contributed by atoms with Crippen molar-refractivity contribution in [2.24, 2.45) is 0 Å². The Labute approximate surface area is 152 Å². The molecule has 1 aromatic carbocycles. The summed E-state index contributed by atoms with van der Waals surface area (Å²) < 4.78 is 67.3. The largest absolute Gasteiger partial charge is 0.456 e. The maximum absolute atomic E-state index is 13.0. The molecule has 2 amide bonds. The molecule has 0 aromatic heterocycles. The maximum Gasteiger partial charge on any atom is 0.456 e. The molecule has 0 unspecified atom stereocenters. The molecular weight excluding hydrogens is 431 g/mol. The zero-order valence-electron chi connectivity index (χ0n) is 13.1. The number of alkyl halides is 5. The number of esters is 1. The molecule has 0 aliphatic carbocycles. The molecule has 0 radical (unpaired) electrons. The smallest absolute Gasteiger partial charge is 0.455 e. The van der Waals surface area contributed by atoms with Crippen molar-refractivity contribution < 1.29 is 36.3 Å². The van der Waals surface area contributed by atoms with Gasteiger partial charge < -0.3 is 15.4 Å². The van der Waals surface area contributed by atoms with Crippen molar-refractivity contribution in [3.63, 3.8) is 0 Å². The van der Waals surface area contributed by atoms with Crippen LogP contribution in [0.3, 0.4) is 0 Å². The van der Waals surface area contributed by atoms with Crippen LogP contribution in [-0.2, 0) is 9.53 Å². The lowest BCUT2D eigenvalue weighted by Crippen LogP contribution is -2.46. The van der Waals surface area contributed by atoms with E-state index in [0.717, 1.165) is 0 Å². The molecule has 2 N–H and O–H groups in total. The second-order valence-corrected chi connectivity index (χ2v) is 6.22. The van der Waals surface area contributed by atoms with Gasteiger partial charge in [0.15, 0.2) is 6.61 Å². The molecule has 1 aliphatic heterocycles. The Bertz CT molecular complexity index is 764. The predicted octanol–water partition coefficient (Wildman–Crippen LogP) is 3.82. The average Bonchev–Trinajstić information content (AvgIpc) is 2.51. The second-order valence-electron chi connectivity index (χ2n) is 5.37. The fourth-order valence-corrected chi connectivity index (χ4v) is 2.74. The first-order valence-corrected chi connectivity index (χ1v) is 7.87. The molecule has 5 nitrogen and oxygen atoms in total. The molecule has 1 atom stereocenters. The summed E-state index contributed by atoms with van der Waals surface area (Å²) in [5.41, 5.74) is 0.0977. The lowest BCUT2D eigenvalue weighted by molar-refractivity contribution is -0.293. The van der Waals surface area contributed by atoms with E-state index < -0.39 is 36.7 Å². The number of benzene rings is 1. The van der Waals surface area contributed by atoms with Gasteiger partial charge in [-0.05, 0) is 18.6 Å². The number of nitrogens with one attached hydrogen (secondary N) is 2. The van der Waals surface area contributed by atoms with E-state index in [1.54, 1.807) is 24.3 Å². The van der Waals surface area contributed by atoms with Crippen LogP contribution in [0.15, 0.2) is 40.0 Å². The van der Waals surface area contributed by atoms with E-state index in [2.05, 4.69) is 31.3 Å². The number of carbonyl (C=O) groups is 2. The zero-order chi connectivity index (χ0) is 19.7. The van der Waals surface area contributed by atoms with Crippen LogP contribution < -0.4 is 10.6 Å². The Kier molecular flexibility index (Phi) is 5.59. The lowest BCUT2D eigenvalue weighted by atomic mass is 9.95. The van der Waals surface area contributed by atoms with Gasteiger partial charge in [0.2, 0.25) is 0 Å². The molecule has 11 heteroatoms. The Balaban J connectivity index is 2.31. The van der Waals surface area contributed by atoms with E-state index in [4.69, 9.17) is 0 Å². The van der Waals surface area contributed by atoms with Gasteiger partial charge in [-0.25, -0.2) is 9.59 Å². The number of allylic oxidation sites excluding steroid dienone is 1. The number of hydrogen-bond donors (Lipinski definition) is 2. The normalized spacial score (nSPS) is 18.3. The SMILES string of the molecule is CC1=C(C(=O)OCC(F)(F)C(F)(F)F)[C@H](c2ccccc2Br)NC(=O)N1. The van der Waals surface area contributed by atoms with Crippen LogP contribution in [0.25, 0.3) is 0 Å². The highest BCUT2D eigenvalue weighted by Crippen LogP contribution is 2.37. The van der Waals surface area contributed by atoms with E-state index in [9.17, 15) is 31.5 Å². The van der Waals surface area contributed by atoms with E-state index >= 15 is 0 Å². The van der Waals surface area contributed by atoms with Gasteiger partial charge in [0.05, 0.1) is 11.6 Å². The third-order valence-electron chi connectivity index (χ3n) is 3.50. The first-order valence-electron chi connectivity index (χ1n) is 7.08. The summed E-state index contributed by atoms with van der Waals surface area (Å²) in [6, 6.07) is 4.66. The number of hydrogen-bond acceptors (Lipinski definition) is 3. The molecule has 0 fully saturated rings. The highest BCUT2D eigenvalue weighted by Gasteiger charge is 2.58. The van der Waals surface area contributed by atoms with Crippen molar-refractivity contribution in [1.29, 1.82) is 0 Å². The van der Waals surface area contributed by atoms with E-state index in [1.807, 2.05) is 0 Å². The van der Waals surface area contributed by atoms with Crippen LogP contribution in [0.1, 0.15) is 18.5 Å². The number of amides is 2. The van der Waals surface area contributed by atoms with Gasteiger partial charge >= 0.3 is 24.1 Å². The first-order chi connectivity index (χ1) is 11.9. The molecule has 0 bridgehead atoms. The summed E-state index contributed by atoms with van der Waals surface area (Å²) in [6.45, 7) is -0.857. The van der Waals surface area contributed by atoms with Crippen molar-refractivity contribution >= 4 is 27.9 Å². The molecule has 0 spiro atoms. The van der Waals surface area contributed by atoms with Crippen LogP contribution >= 0.6 is 15.9 Å². The summed E-state index contributed by atoms with van der Waals surface area (Å²) in [6.07, 6.45) is -5.85. The quantitative estimate of drug-likeness (QED) is 0.550. The van der Waals surface area contributed by atoms with Crippen molar-refractivity contribution in [3.8, 4) is 0 Å². The third kappa shape index (κ3) is 4.14. The zero-order valence-corrected chi connectivity index (χ0v) is 14.7. The number of ether oxygens (including phenoxy) is 1. The summed E-state index contributed by atoms with van der Waals surface area (Å²) in [4.78, 5) is 23.9. The minimum Gasteiger partial charge on any atom is -0.455 e. The van der Waals surface area contributed by atoms with Crippen LogP contribution in [0.5, 0.6) is 0 Å². The van der Waals surface area contributed by atoms with Gasteiger partial charge in [0.1, 0.15) is 0 Å². The number of rotatable bonds is 4. The van der Waals surface area contributed by atoms with Gasteiger partial charge in [-0.15, -0.1) is 0 Å². The highest BCUT2D eigenvalue weighted by molar-refractivity contribution is 9.10. The summed E-state index contributed by atoms with van der Waals surface area (Å²) in [5, 5.41) is 4.67. The summed E-state index contributed by atoms with van der Waals surface area (Å²) in [7, 11) is 0. The van der Waals surface area contributed by atoms with Gasteiger partial charge in [0.25, 0.3) is 0 Å². The average molecular weight is 443 g/mol. The molecule has 0 saturated carbocycles. The Morgan fingerprint density at radius 1 is 1.23 bits per heavy atom. The van der Waals surface area contributed by atoms with Gasteiger partial charge in [0, 0.05) is 10.2 Å². The molecule has 26 heavy (non-hydrogen) atoms. The minimum absolute atomic E-state index is 0.0187. The maximum atomic E-state index is 13.0. The number of carbonyl (C=O) groups excluding carboxylic acids is 2. The fourth-order valence-electron chi connectivity index (χ4n) is 2.22. The van der Waals surface area contributed by atoms with Crippen LogP contribution in [0.2, 0.25) is 0 Å². The fraction of sp³-hybridized carbons (Fsp3) is 0.333. The minimum atomic E-state index is -5.85.